The third kappa shape index (κ3) is 3.87. The first kappa shape index (κ1) is 16.1. The quantitative estimate of drug-likeness (QED) is 0.827. The van der Waals surface area contributed by atoms with Crippen molar-refractivity contribution >= 4 is 12.0 Å². The van der Waals surface area contributed by atoms with Crippen LogP contribution in [-0.2, 0) is 4.79 Å². The van der Waals surface area contributed by atoms with Crippen molar-refractivity contribution in [3.8, 4) is 0 Å². The highest BCUT2D eigenvalue weighted by Crippen LogP contribution is 2.26. The number of carboxylic acids is 1. The summed E-state index contributed by atoms with van der Waals surface area (Å²) in [4.78, 5) is 27.3. The van der Waals surface area contributed by atoms with Gasteiger partial charge in [-0.15, -0.1) is 0 Å². The second-order valence-electron chi connectivity index (χ2n) is 6.03. The molecule has 0 aromatic carbocycles. The molecule has 2 amide bonds. The van der Waals surface area contributed by atoms with Crippen LogP contribution in [0, 0.1) is 0 Å². The molecule has 6 heteroatoms. The summed E-state index contributed by atoms with van der Waals surface area (Å²) in [5.74, 6) is -0.921. The Morgan fingerprint density at radius 1 is 1.05 bits per heavy atom. The molecule has 1 heterocycles. The van der Waals surface area contributed by atoms with E-state index in [1.54, 1.807) is 4.90 Å². The Morgan fingerprint density at radius 2 is 1.71 bits per heavy atom. The van der Waals surface area contributed by atoms with Crippen LogP contribution in [0.4, 0.5) is 4.79 Å². The third-order valence-electron chi connectivity index (χ3n) is 4.64. The molecule has 2 aliphatic rings. The van der Waals surface area contributed by atoms with Crippen molar-refractivity contribution in [3.63, 3.8) is 0 Å². The van der Waals surface area contributed by atoms with Crippen molar-refractivity contribution in [2.45, 2.75) is 63.5 Å². The molecule has 120 valence electrons. The van der Waals surface area contributed by atoms with E-state index < -0.39 is 12.0 Å². The number of carbonyl (C=O) groups excluding carboxylic acids is 1. The highest BCUT2D eigenvalue weighted by atomic mass is 16.4. The summed E-state index contributed by atoms with van der Waals surface area (Å²) >= 11 is 0. The number of aliphatic carboxylic acids is 1. The van der Waals surface area contributed by atoms with Gasteiger partial charge in [0.1, 0.15) is 6.04 Å². The van der Waals surface area contributed by atoms with Gasteiger partial charge in [0.15, 0.2) is 0 Å². The maximum atomic E-state index is 12.8. The SMILES string of the molecule is O=C(O)C1CCCCN1C(=O)N(CCO)C1CCCCC1. The van der Waals surface area contributed by atoms with Crippen molar-refractivity contribution in [2.24, 2.45) is 0 Å². The van der Waals surface area contributed by atoms with Gasteiger partial charge in [-0.25, -0.2) is 9.59 Å². The summed E-state index contributed by atoms with van der Waals surface area (Å²) in [6, 6.07) is -0.770. The highest BCUT2D eigenvalue weighted by Gasteiger charge is 2.36. The highest BCUT2D eigenvalue weighted by molar-refractivity contribution is 5.83. The van der Waals surface area contributed by atoms with E-state index in [1.807, 2.05) is 0 Å². The largest absolute Gasteiger partial charge is 0.480 e. The number of urea groups is 1. The van der Waals surface area contributed by atoms with Crippen molar-refractivity contribution in [2.75, 3.05) is 19.7 Å². The Hall–Kier alpha value is -1.30. The normalized spacial score (nSPS) is 23.9. The number of likely N-dealkylation sites (tertiary alicyclic amines) is 1. The number of aliphatic hydroxyl groups is 1. The molecule has 1 unspecified atom stereocenters. The van der Waals surface area contributed by atoms with E-state index in [4.69, 9.17) is 0 Å². The van der Waals surface area contributed by atoms with Crippen molar-refractivity contribution in [1.29, 1.82) is 0 Å². The van der Waals surface area contributed by atoms with E-state index in [0.717, 1.165) is 38.5 Å². The number of carboxylic acid groups (broad SMARTS) is 1. The lowest BCUT2D eigenvalue weighted by Crippen LogP contribution is -2.56. The molecule has 1 aliphatic carbocycles. The number of rotatable bonds is 4. The summed E-state index contributed by atoms with van der Waals surface area (Å²) in [7, 11) is 0. The zero-order chi connectivity index (χ0) is 15.2. The summed E-state index contributed by atoms with van der Waals surface area (Å²) in [5.41, 5.74) is 0. The monoisotopic (exact) mass is 298 g/mol. The summed E-state index contributed by atoms with van der Waals surface area (Å²) < 4.78 is 0. The van der Waals surface area contributed by atoms with Gasteiger partial charge in [-0.1, -0.05) is 19.3 Å². The zero-order valence-electron chi connectivity index (χ0n) is 12.5. The predicted molar refractivity (Wildman–Crippen MR) is 78.0 cm³/mol. The maximum absolute atomic E-state index is 12.8. The smallest absolute Gasteiger partial charge is 0.326 e. The number of piperidine rings is 1. The molecule has 2 N–H and O–H groups in total. The lowest BCUT2D eigenvalue weighted by Gasteiger charge is -2.41. The van der Waals surface area contributed by atoms with Crippen LogP contribution in [0.15, 0.2) is 0 Å². The molecule has 1 saturated carbocycles. The number of carbonyl (C=O) groups is 2. The van der Waals surface area contributed by atoms with Crippen LogP contribution in [0.25, 0.3) is 0 Å². The van der Waals surface area contributed by atoms with Crippen LogP contribution in [-0.4, -0.2) is 63.8 Å². The van der Waals surface area contributed by atoms with Crippen LogP contribution in [0.2, 0.25) is 0 Å². The van der Waals surface area contributed by atoms with Crippen LogP contribution in [0.5, 0.6) is 0 Å². The fourth-order valence-corrected chi connectivity index (χ4v) is 3.52. The first-order chi connectivity index (χ1) is 10.1. The molecule has 0 spiro atoms. The Balaban J connectivity index is 2.09. The predicted octanol–water partition coefficient (Wildman–Crippen LogP) is 1.67. The molecule has 0 bridgehead atoms. The minimum absolute atomic E-state index is 0.0756. The van der Waals surface area contributed by atoms with Gasteiger partial charge < -0.3 is 20.0 Å². The average molecular weight is 298 g/mol. The second-order valence-corrected chi connectivity index (χ2v) is 6.03. The van der Waals surface area contributed by atoms with Crippen molar-refractivity contribution in [1.82, 2.24) is 9.80 Å². The topological polar surface area (TPSA) is 81.1 Å². The zero-order valence-corrected chi connectivity index (χ0v) is 12.5. The average Bonchev–Trinajstić information content (AvgIpc) is 2.52. The van der Waals surface area contributed by atoms with Gasteiger partial charge in [0.05, 0.1) is 6.61 Å². The Morgan fingerprint density at radius 3 is 2.33 bits per heavy atom. The summed E-state index contributed by atoms with van der Waals surface area (Å²) in [6.07, 6.45) is 7.54. The molecule has 0 radical (unpaired) electrons. The van der Waals surface area contributed by atoms with E-state index in [1.165, 1.54) is 11.3 Å². The number of nitrogens with zero attached hydrogens (tertiary/aromatic N) is 2. The van der Waals surface area contributed by atoms with E-state index in [9.17, 15) is 19.8 Å². The molecule has 0 aromatic rings. The molecule has 1 atom stereocenters. The van der Waals surface area contributed by atoms with Crippen LogP contribution in [0.3, 0.4) is 0 Å². The molecule has 1 aliphatic heterocycles. The van der Waals surface area contributed by atoms with Crippen molar-refractivity contribution < 1.29 is 19.8 Å². The molecule has 21 heavy (non-hydrogen) atoms. The van der Waals surface area contributed by atoms with Gasteiger partial charge in [-0.3, -0.25) is 0 Å². The number of hydrogen-bond acceptors (Lipinski definition) is 3. The molecule has 0 aromatic heterocycles. The van der Waals surface area contributed by atoms with Gasteiger partial charge in [-0.2, -0.15) is 0 Å². The molecule has 2 fully saturated rings. The number of hydrogen-bond donors (Lipinski definition) is 2. The van der Waals surface area contributed by atoms with Crippen LogP contribution >= 0.6 is 0 Å². The Labute approximate surface area is 125 Å². The lowest BCUT2D eigenvalue weighted by molar-refractivity contribution is -0.143. The van der Waals surface area contributed by atoms with E-state index in [0.29, 0.717) is 19.5 Å². The molecule has 6 nitrogen and oxygen atoms in total. The minimum atomic E-state index is -0.921. The van der Waals surface area contributed by atoms with Gasteiger partial charge in [0.2, 0.25) is 0 Å². The number of amides is 2. The van der Waals surface area contributed by atoms with Gasteiger partial charge in [-0.05, 0) is 32.1 Å². The Bertz CT molecular complexity index is 369. The summed E-state index contributed by atoms with van der Waals surface area (Å²) in [6.45, 7) is 0.727. The molecular formula is C15H26N2O4. The van der Waals surface area contributed by atoms with Crippen LogP contribution in [0.1, 0.15) is 51.4 Å². The fourth-order valence-electron chi connectivity index (χ4n) is 3.52. The van der Waals surface area contributed by atoms with Crippen LogP contribution < -0.4 is 0 Å². The van der Waals surface area contributed by atoms with Crippen molar-refractivity contribution in [3.05, 3.63) is 0 Å². The third-order valence-corrected chi connectivity index (χ3v) is 4.64. The Kier molecular flexibility index (Phi) is 5.85. The van der Waals surface area contributed by atoms with E-state index >= 15 is 0 Å². The van der Waals surface area contributed by atoms with Gasteiger partial charge in [0.25, 0.3) is 0 Å². The molecule has 1 saturated heterocycles. The standard InChI is InChI=1S/C15H26N2O4/c18-11-10-16(12-6-2-1-3-7-12)15(21)17-9-5-4-8-13(17)14(19)20/h12-13,18H,1-11H2,(H,19,20). The van der Waals surface area contributed by atoms with Gasteiger partial charge >= 0.3 is 12.0 Å². The molecular weight excluding hydrogens is 272 g/mol. The van der Waals surface area contributed by atoms with E-state index in [2.05, 4.69) is 0 Å². The molecule has 2 rings (SSSR count). The maximum Gasteiger partial charge on any atom is 0.326 e. The first-order valence-corrected chi connectivity index (χ1v) is 8.06. The minimum Gasteiger partial charge on any atom is -0.480 e. The fraction of sp³-hybridized carbons (Fsp3) is 0.867. The van der Waals surface area contributed by atoms with E-state index in [-0.39, 0.29) is 18.7 Å². The number of aliphatic hydroxyl groups excluding tert-OH is 1. The second kappa shape index (κ2) is 7.64. The van der Waals surface area contributed by atoms with Gasteiger partial charge in [0, 0.05) is 19.1 Å². The summed E-state index contributed by atoms with van der Waals surface area (Å²) in [5, 5.41) is 18.6. The lowest BCUT2D eigenvalue weighted by atomic mass is 9.94. The first-order valence-electron chi connectivity index (χ1n) is 8.06.